The first-order valence-electron chi connectivity index (χ1n) is 7.93. The lowest BCUT2D eigenvalue weighted by Gasteiger charge is -2.08. The molecule has 0 aliphatic rings. The summed E-state index contributed by atoms with van der Waals surface area (Å²) in [5.74, 6) is -0.301. The average Bonchev–Trinajstić information content (AvgIpc) is 2.61. The zero-order valence-corrected chi connectivity index (χ0v) is 14.0. The predicted molar refractivity (Wildman–Crippen MR) is 92.3 cm³/mol. The van der Waals surface area contributed by atoms with Crippen molar-refractivity contribution in [3.63, 3.8) is 0 Å². The molecule has 0 fully saturated rings. The maximum Gasteiger partial charge on any atom is 0.269 e. The zero-order chi connectivity index (χ0) is 17.4. The van der Waals surface area contributed by atoms with Crippen molar-refractivity contribution in [2.24, 2.45) is 0 Å². The molecule has 5 nitrogen and oxygen atoms in total. The van der Waals surface area contributed by atoms with E-state index < -0.39 is 0 Å². The number of amides is 1. The number of methoxy groups -OCH3 is 1. The number of Topliss-reactive ketones (excluding diaryl/α,β-unsaturated/α-hetero) is 1. The van der Waals surface area contributed by atoms with E-state index >= 15 is 0 Å². The Kier molecular flexibility index (Phi) is 6.63. The number of hydrogen-bond acceptors (Lipinski definition) is 4. The molecule has 0 aliphatic heterocycles. The average molecular weight is 326 g/mol. The lowest BCUT2D eigenvalue weighted by molar-refractivity contribution is 0.0958. The molecule has 2 aromatic rings. The summed E-state index contributed by atoms with van der Waals surface area (Å²) in [4.78, 5) is 28.7. The molecule has 2 rings (SSSR count). The van der Waals surface area contributed by atoms with Gasteiger partial charge < -0.3 is 10.1 Å². The second-order valence-corrected chi connectivity index (χ2v) is 5.49. The predicted octanol–water partition coefficient (Wildman–Crippen LogP) is 2.64. The molecular weight excluding hydrogens is 304 g/mol. The van der Waals surface area contributed by atoms with E-state index in [0.29, 0.717) is 37.1 Å². The SMILES string of the molecule is CNC(=O)c1cc(C(=O)CCCOC)cc(Cc2ccccc2)n1. The van der Waals surface area contributed by atoms with E-state index in [0.717, 1.165) is 5.56 Å². The van der Waals surface area contributed by atoms with Gasteiger partial charge in [-0.2, -0.15) is 0 Å². The van der Waals surface area contributed by atoms with Crippen LogP contribution in [0.1, 0.15) is 44.9 Å². The van der Waals surface area contributed by atoms with Crippen LogP contribution in [0, 0.1) is 0 Å². The van der Waals surface area contributed by atoms with Crippen LogP contribution in [-0.4, -0.2) is 37.4 Å². The van der Waals surface area contributed by atoms with Crippen LogP contribution in [0.15, 0.2) is 42.5 Å². The third-order valence-corrected chi connectivity index (χ3v) is 3.64. The minimum atomic E-state index is -0.296. The summed E-state index contributed by atoms with van der Waals surface area (Å²) < 4.78 is 4.98. The van der Waals surface area contributed by atoms with Gasteiger partial charge in [-0.3, -0.25) is 9.59 Å². The first-order valence-corrected chi connectivity index (χ1v) is 7.93. The Balaban J connectivity index is 2.27. The molecule has 0 saturated heterocycles. The fourth-order valence-corrected chi connectivity index (χ4v) is 2.41. The monoisotopic (exact) mass is 326 g/mol. The minimum absolute atomic E-state index is 0.00563. The number of benzene rings is 1. The highest BCUT2D eigenvalue weighted by Gasteiger charge is 2.14. The Morgan fingerprint density at radius 1 is 1.17 bits per heavy atom. The lowest BCUT2D eigenvalue weighted by atomic mass is 10.0. The van der Waals surface area contributed by atoms with Gasteiger partial charge in [-0.25, -0.2) is 4.98 Å². The Hall–Kier alpha value is -2.53. The number of pyridine rings is 1. The number of hydrogen-bond donors (Lipinski definition) is 1. The minimum Gasteiger partial charge on any atom is -0.385 e. The molecule has 1 aromatic heterocycles. The number of ether oxygens (including phenoxy) is 1. The Morgan fingerprint density at radius 3 is 2.58 bits per heavy atom. The second kappa shape index (κ2) is 8.93. The third kappa shape index (κ3) is 4.99. The number of aromatic nitrogens is 1. The largest absolute Gasteiger partial charge is 0.385 e. The molecule has 0 radical (unpaired) electrons. The summed E-state index contributed by atoms with van der Waals surface area (Å²) >= 11 is 0. The van der Waals surface area contributed by atoms with E-state index in [9.17, 15) is 9.59 Å². The molecule has 0 aliphatic carbocycles. The molecule has 0 saturated carbocycles. The number of nitrogens with zero attached hydrogens (tertiary/aromatic N) is 1. The van der Waals surface area contributed by atoms with Crippen molar-refractivity contribution in [1.29, 1.82) is 0 Å². The molecule has 1 N–H and O–H groups in total. The molecule has 0 bridgehead atoms. The Labute approximate surface area is 142 Å². The summed E-state index contributed by atoms with van der Waals surface area (Å²) in [5, 5.41) is 2.56. The summed E-state index contributed by atoms with van der Waals surface area (Å²) in [6.45, 7) is 0.538. The van der Waals surface area contributed by atoms with Crippen molar-refractivity contribution in [3.8, 4) is 0 Å². The maximum absolute atomic E-state index is 12.4. The van der Waals surface area contributed by atoms with Crippen LogP contribution in [-0.2, 0) is 11.2 Å². The first-order chi connectivity index (χ1) is 11.6. The van der Waals surface area contributed by atoms with Gasteiger partial charge in [-0.05, 0) is 24.1 Å². The number of carbonyl (C=O) groups is 2. The van der Waals surface area contributed by atoms with Crippen LogP contribution < -0.4 is 5.32 Å². The molecule has 126 valence electrons. The number of nitrogens with one attached hydrogen (secondary N) is 1. The summed E-state index contributed by atoms with van der Waals surface area (Å²) in [6.07, 6.45) is 1.61. The van der Waals surface area contributed by atoms with Crippen LogP contribution in [0.2, 0.25) is 0 Å². The quantitative estimate of drug-likeness (QED) is 0.598. The van der Waals surface area contributed by atoms with Crippen LogP contribution in [0.25, 0.3) is 0 Å². The fraction of sp³-hybridized carbons (Fsp3) is 0.316. The van der Waals surface area contributed by atoms with Crippen LogP contribution in [0.3, 0.4) is 0 Å². The van der Waals surface area contributed by atoms with E-state index in [1.807, 2.05) is 30.3 Å². The van der Waals surface area contributed by atoms with E-state index in [4.69, 9.17) is 4.74 Å². The number of rotatable bonds is 8. The Bertz CT molecular complexity index is 699. The van der Waals surface area contributed by atoms with Gasteiger partial charge in [0.15, 0.2) is 5.78 Å². The third-order valence-electron chi connectivity index (χ3n) is 3.64. The molecule has 1 aromatic carbocycles. The van der Waals surface area contributed by atoms with Crippen molar-refractivity contribution in [2.75, 3.05) is 20.8 Å². The number of ketones is 1. The van der Waals surface area contributed by atoms with E-state index in [2.05, 4.69) is 10.3 Å². The van der Waals surface area contributed by atoms with E-state index in [1.54, 1.807) is 26.3 Å². The van der Waals surface area contributed by atoms with Gasteiger partial charge >= 0.3 is 0 Å². The van der Waals surface area contributed by atoms with Crippen molar-refractivity contribution in [1.82, 2.24) is 10.3 Å². The van der Waals surface area contributed by atoms with E-state index in [-0.39, 0.29) is 17.4 Å². The van der Waals surface area contributed by atoms with Gasteiger partial charge in [-0.15, -0.1) is 0 Å². The summed E-state index contributed by atoms with van der Waals surface area (Å²) in [7, 11) is 3.16. The first kappa shape index (κ1) is 17.8. The van der Waals surface area contributed by atoms with Gasteiger partial charge in [0.1, 0.15) is 5.69 Å². The molecule has 0 unspecified atom stereocenters. The molecule has 24 heavy (non-hydrogen) atoms. The fourth-order valence-electron chi connectivity index (χ4n) is 2.41. The molecule has 0 atom stereocenters. The van der Waals surface area contributed by atoms with Gasteiger partial charge in [0.05, 0.1) is 0 Å². The van der Waals surface area contributed by atoms with Crippen molar-refractivity contribution >= 4 is 11.7 Å². The second-order valence-electron chi connectivity index (χ2n) is 5.49. The summed E-state index contributed by atoms with van der Waals surface area (Å²) in [6, 6.07) is 13.2. The molecule has 1 amide bonds. The van der Waals surface area contributed by atoms with Crippen molar-refractivity contribution < 1.29 is 14.3 Å². The van der Waals surface area contributed by atoms with E-state index in [1.165, 1.54) is 0 Å². The van der Waals surface area contributed by atoms with Gasteiger partial charge in [-0.1, -0.05) is 30.3 Å². The molecule has 1 heterocycles. The smallest absolute Gasteiger partial charge is 0.269 e. The highest BCUT2D eigenvalue weighted by atomic mass is 16.5. The molecule has 5 heteroatoms. The normalized spacial score (nSPS) is 10.4. The number of carbonyl (C=O) groups excluding carboxylic acids is 2. The Morgan fingerprint density at radius 2 is 1.92 bits per heavy atom. The zero-order valence-electron chi connectivity index (χ0n) is 14.0. The van der Waals surface area contributed by atoms with Gasteiger partial charge in [0.2, 0.25) is 0 Å². The topological polar surface area (TPSA) is 68.3 Å². The van der Waals surface area contributed by atoms with Crippen molar-refractivity contribution in [3.05, 3.63) is 65.0 Å². The van der Waals surface area contributed by atoms with Gasteiger partial charge in [0, 0.05) is 44.9 Å². The van der Waals surface area contributed by atoms with Crippen LogP contribution in [0.4, 0.5) is 0 Å². The summed E-state index contributed by atoms with van der Waals surface area (Å²) in [5.41, 5.74) is 2.57. The van der Waals surface area contributed by atoms with Crippen molar-refractivity contribution in [2.45, 2.75) is 19.3 Å². The lowest BCUT2D eigenvalue weighted by Crippen LogP contribution is -2.20. The van der Waals surface area contributed by atoms with Gasteiger partial charge in [0.25, 0.3) is 5.91 Å². The standard InChI is InChI=1S/C19H22N2O3/c1-20-19(23)17-13-15(18(22)9-6-10-24-2)12-16(21-17)11-14-7-4-3-5-8-14/h3-5,7-8,12-13H,6,9-11H2,1-2H3,(H,20,23). The van der Waals surface area contributed by atoms with Crippen LogP contribution in [0.5, 0.6) is 0 Å². The van der Waals surface area contributed by atoms with Crippen LogP contribution >= 0.6 is 0 Å². The highest BCUT2D eigenvalue weighted by Crippen LogP contribution is 2.14. The molecular formula is C19H22N2O3. The maximum atomic E-state index is 12.4. The highest BCUT2D eigenvalue weighted by molar-refractivity contribution is 5.99. The molecule has 0 spiro atoms.